The van der Waals surface area contributed by atoms with Gasteiger partial charge in [0.1, 0.15) is 5.82 Å². The van der Waals surface area contributed by atoms with Crippen LogP contribution in [0.2, 0.25) is 0 Å². The number of nitrogens with zero attached hydrogens (tertiary/aromatic N) is 2. The molecule has 0 aliphatic carbocycles. The summed E-state index contributed by atoms with van der Waals surface area (Å²) in [5.41, 5.74) is 7.14. The summed E-state index contributed by atoms with van der Waals surface area (Å²) in [4.78, 5) is 6.67. The molecule has 0 saturated carbocycles. The topological polar surface area (TPSA) is 42.2 Å². The normalized spacial score (nSPS) is 22.9. The minimum atomic E-state index is 0.484. The van der Waals surface area contributed by atoms with Crippen molar-refractivity contribution in [3.63, 3.8) is 0 Å². The molecule has 0 radical (unpaired) electrons. The van der Waals surface area contributed by atoms with Crippen molar-refractivity contribution in [2.24, 2.45) is 0 Å². The zero-order valence-electron chi connectivity index (χ0n) is 9.32. The van der Waals surface area contributed by atoms with E-state index in [4.69, 9.17) is 5.73 Å². The monoisotopic (exact) mass is 205 g/mol. The Labute approximate surface area is 91.3 Å². The Morgan fingerprint density at radius 1 is 1.53 bits per heavy atom. The lowest BCUT2D eigenvalue weighted by Crippen LogP contribution is -2.33. The summed E-state index contributed by atoms with van der Waals surface area (Å²) in [5.74, 6) is 0.697. The van der Waals surface area contributed by atoms with Gasteiger partial charge in [0.05, 0.1) is 0 Å². The summed E-state index contributed by atoms with van der Waals surface area (Å²) in [6.07, 6.45) is 5.59. The number of rotatable bonds is 2. The molecule has 15 heavy (non-hydrogen) atoms. The molecule has 2 heterocycles. The Hall–Kier alpha value is -1.09. The predicted octanol–water partition coefficient (Wildman–Crippen LogP) is 2.21. The van der Waals surface area contributed by atoms with E-state index in [1.54, 1.807) is 6.20 Å². The maximum atomic E-state index is 5.93. The highest BCUT2D eigenvalue weighted by Crippen LogP contribution is 2.32. The molecule has 1 aliphatic heterocycles. The largest absolute Gasteiger partial charge is 0.383 e. The van der Waals surface area contributed by atoms with Gasteiger partial charge in [-0.1, -0.05) is 19.4 Å². The Bertz CT molecular complexity index is 324. The highest BCUT2D eigenvalue weighted by atomic mass is 15.2. The number of anilines is 1. The Kier molecular flexibility index (Phi) is 3.21. The van der Waals surface area contributed by atoms with Gasteiger partial charge in [0.25, 0.3) is 0 Å². The van der Waals surface area contributed by atoms with Crippen LogP contribution in [0.25, 0.3) is 0 Å². The van der Waals surface area contributed by atoms with Crippen LogP contribution in [0, 0.1) is 0 Å². The molecule has 0 bridgehead atoms. The van der Waals surface area contributed by atoms with E-state index in [0.717, 1.165) is 6.54 Å². The summed E-state index contributed by atoms with van der Waals surface area (Å²) in [6, 6.07) is 4.58. The van der Waals surface area contributed by atoms with Gasteiger partial charge in [-0.15, -0.1) is 0 Å². The van der Waals surface area contributed by atoms with Crippen LogP contribution in [0.1, 0.15) is 37.8 Å². The molecular formula is C12H19N3. The minimum Gasteiger partial charge on any atom is -0.383 e. The van der Waals surface area contributed by atoms with E-state index in [1.807, 2.05) is 6.07 Å². The third kappa shape index (κ3) is 2.12. The van der Waals surface area contributed by atoms with E-state index in [2.05, 4.69) is 22.9 Å². The lowest BCUT2D eigenvalue weighted by molar-refractivity contribution is 0.157. The van der Waals surface area contributed by atoms with Crippen molar-refractivity contribution >= 4 is 5.82 Å². The highest BCUT2D eigenvalue weighted by molar-refractivity contribution is 5.41. The third-order valence-corrected chi connectivity index (χ3v) is 3.25. The second-order valence-electron chi connectivity index (χ2n) is 4.12. The SMILES string of the molecule is CCN1CCCC[C@@H]1c1cccnc1N. The number of pyridine rings is 1. The van der Waals surface area contributed by atoms with E-state index < -0.39 is 0 Å². The molecule has 1 saturated heterocycles. The Morgan fingerprint density at radius 2 is 2.40 bits per heavy atom. The quantitative estimate of drug-likeness (QED) is 0.805. The number of nitrogen functional groups attached to an aromatic ring is 1. The van der Waals surface area contributed by atoms with Gasteiger partial charge in [0.2, 0.25) is 0 Å². The van der Waals surface area contributed by atoms with Gasteiger partial charge in [0.15, 0.2) is 0 Å². The molecule has 0 amide bonds. The fourth-order valence-corrected chi connectivity index (χ4v) is 2.43. The smallest absolute Gasteiger partial charge is 0.128 e. The van der Waals surface area contributed by atoms with Crippen LogP contribution in [-0.2, 0) is 0 Å². The van der Waals surface area contributed by atoms with E-state index in [1.165, 1.54) is 31.4 Å². The van der Waals surface area contributed by atoms with E-state index in [0.29, 0.717) is 11.9 Å². The third-order valence-electron chi connectivity index (χ3n) is 3.25. The van der Waals surface area contributed by atoms with Crippen LogP contribution in [0.5, 0.6) is 0 Å². The molecule has 0 spiro atoms. The zero-order valence-corrected chi connectivity index (χ0v) is 9.32. The molecule has 1 aromatic heterocycles. The Morgan fingerprint density at radius 3 is 3.13 bits per heavy atom. The first-order valence-electron chi connectivity index (χ1n) is 5.77. The Balaban J connectivity index is 2.24. The fourth-order valence-electron chi connectivity index (χ4n) is 2.43. The van der Waals surface area contributed by atoms with Gasteiger partial charge in [-0.05, 0) is 32.0 Å². The van der Waals surface area contributed by atoms with Gasteiger partial charge in [0, 0.05) is 17.8 Å². The van der Waals surface area contributed by atoms with Crippen molar-refractivity contribution in [2.75, 3.05) is 18.8 Å². The molecule has 1 fully saturated rings. The first-order chi connectivity index (χ1) is 7.33. The summed E-state index contributed by atoms with van der Waals surface area (Å²) >= 11 is 0. The van der Waals surface area contributed by atoms with Crippen LogP contribution in [0.15, 0.2) is 18.3 Å². The lowest BCUT2D eigenvalue weighted by Gasteiger charge is -2.35. The molecule has 3 heteroatoms. The zero-order chi connectivity index (χ0) is 10.7. The first-order valence-corrected chi connectivity index (χ1v) is 5.77. The number of nitrogens with two attached hydrogens (primary N) is 1. The van der Waals surface area contributed by atoms with Gasteiger partial charge in [-0.2, -0.15) is 0 Å². The number of aromatic nitrogens is 1. The highest BCUT2D eigenvalue weighted by Gasteiger charge is 2.24. The summed E-state index contributed by atoms with van der Waals surface area (Å²) in [6.45, 7) is 4.50. The van der Waals surface area contributed by atoms with Crippen molar-refractivity contribution in [3.05, 3.63) is 23.9 Å². The standard InChI is InChI=1S/C12H19N3/c1-2-15-9-4-3-7-11(15)10-6-5-8-14-12(10)13/h5-6,8,11H,2-4,7,9H2,1H3,(H2,13,14)/t11-/m1/s1. The average molecular weight is 205 g/mol. The maximum absolute atomic E-state index is 5.93. The molecule has 1 aliphatic rings. The van der Waals surface area contributed by atoms with Crippen molar-refractivity contribution in [1.29, 1.82) is 0 Å². The molecule has 1 atom stereocenters. The van der Waals surface area contributed by atoms with E-state index in [-0.39, 0.29) is 0 Å². The lowest BCUT2D eigenvalue weighted by atomic mass is 9.96. The van der Waals surface area contributed by atoms with Gasteiger partial charge in [-0.25, -0.2) is 4.98 Å². The van der Waals surface area contributed by atoms with E-state index in [9.17, 15) is 0 Å². The maximum Gasteiger partial charge on any atom is 0.128 e. The van der Waals surface area contributed by atoms with Crippen LogP contribution in [-0.4, -0.2) is 23.0 Å². The fraction of sp³-hybridized carbons (Fsp3) is 0.583. The van der Waals surface area contributed by atoms with Crippen LogP contribution >= 0.6 is 0 Å². The van der Waals surface area contributed by atoms with Crippen molar-refractivity contribution < 1.29 is 0 Å². The number of hydrogen-bond donors (Lipinski definition) is 1. The molecule has 2 N–H and O–H groups in total. The molecule has 82 valence electrons. The number of piperidine rings is 1. The summed E-state index contributed by atoms with van der Waals surface area (Å²) in [5, 5.41) is 0. The molecule has 1 aromatic rings. The molecule has 0 unspecified atom stereocenters. The van der Waals surface area contributed by atoms with Crippen LogP contribution < -0.4 is 5.73 Å². The number of hydrogen-bond acceptors (Lipinski definition) is 3. The van der Waals surface area contributed by atoms with Gasteiger partial charge < -0.3 is 5.73 Å². The molecular weight excluding hydrogens is 186 g/mol. The molecule has 0 aromatic carbocycles. The summed E-state index contributed by atoms with van der Waals surface area (Å²) in [7, 11) is 0. The summed E-state index contributed by atoms with van der Waals surface area (Å²) < 4.78 is 0. The number of likely N-dealkylation sites (tertiary alicyclic amines) is 1. The molecule has 2 rings (SSSR count). The second kappa shape index (κ2) is 4.62. The van der Waals surface area contributed by atoms with Gasteiger partial charge >= 0.3 is 0 Å². The second-order valence-corrected chi connectivity index (χ2v) is 4.12. The first kappa shape index (κ1) is 10.4. The molecule has 3 nitrogen and oxygen atoms in total. The van der Waals surface area contributed by atoms with Crippen molar-refractivity contribution in [3.8, 4) is 0 Å². The minimum absolute atomic E-state index is 0.484. The van der Waals surface area contributed by atoms with E-state index >= 15 is 0 Å². The van der Waals surface area contributed by atoms with Crippen molar-refractivity contribution in [2.45, 2.75) is 32.2 Å². The van der Waals surface area contributed by atoms with Crippen LogP contribution in [0.3, 0.4) is 0 Å². The predicted molar refractivity (Wildman–Crippen MR) is 62.5 cm³/mol. The van der Waals surface area contributed by atoms with Crippen molar-refractivity contribution in [1.82, 2.24) is 9.88 Å². The van der Waals surface area contributed by atoms with Crippen LogP contribution in [0.4, 0.5) is 5.82 Å². The van der Waals surface area contributed by atoms with Gasteiger partial charge in [-0.3, -0.25) is 4.90 Å². The average Bonchev–Trinajstić information content (AvgIpc) is 2.30.